The van der Waals surface area contributed by atoms with Gasteiger partial charge in [0.25, 0.3) is 0 Å². The number of aromatic amines is 1. The zero-order valence-corrected chi connectivity index (χ0v) is 20.4. The maximum absolute atomic E-state index is 14.2. The minimum Gasteiger partial charge on any atom is -0.489 e. The van der Waals surface area contributed by atoms with Crippen LogP contribution < -0.4 is 10.1 Å². The smallest absolute Gasteiger partial charge is 0.322 e. The van der Waals surface area contributed by atoms with Crippen molar-refractivity contribution in [2.24, 2.45) is 0 Å². The van der Waals surface area contributed by atoms with Gasteiger partial charge in [-0.2, -0.15) is 0 Å². The summed E-state index contributed by atoms with van der Waals surface area (Å²) in [4.78, 5) is 18.2. The van der Waals surface area contributed by atoms with Crippen molar-refractivity contribution in [2.75, 3.05) is 11.9 Å². The van der Waals surface area contributed by atoms with Crippen LogP contribution in [0, 0.1) is 5.82 Å². The second-order valence-corrected chi connectivity index (χ2v) is 8.86. The third-order valence-electron chi connectivity index (χ3n) is 6.27. The number of amides is 2. The number of urea groups is 1. The topological polar surface area (TPSA) is 57.4 Å². The number of anilines is 1. The number of benzene rings is 4. The lowest BCUT2D eigenvalue weighted by molar-refractivity contribution is 0.209. The molecular formula is C31H28FN3O2. The Bertz CT molecular complexity index is 1470. The number of hydrogen-bond acceptors (Lipinski definition) is 2. The standard InChI is InChI=1S/C31H28FN3O2/c32-28-11-5-7-13-30(28)34-31(36)35(19-18-25-20-33-29-12-6-4-10-27(25)29)21-23-14-16-26(17-15-23)37-22-24-8-2-1-3-9-24/h1-17,20,33H,18-19,21-22H2,(H,34,36). The molecule has 0 spiro atoms. The van der Waals surface area contributed by atoms with Crippen molar-refractivity contribution >= 4 is 22.6 Å². The predicted molar refractivity (Wildman–Crippen MR) is 145 cm³/mol. The van der Waals surface area contributed by atoms with E-state index in [-0.39, 0.29) is 11.7 Å². The Morgan fingerprint density at radius 2 is 1.57 bits per heavy atom. The Morgan fingerprint density at radius 1 is 0.838 bits per heavy atom. The summed E-state index contributed by atoms with van der Waals surface area (Å²) in [7, 11) is 0. The highest BCUT2D eigenvalue weighted by Crippen LogP contribution is 2.21. The SMILES string of the molecule is O=C(Nc1ccccc1F)N(CCc1c[nH]c2ccccc12)Cc1ccc(OCc2ccccc2)cc1. The van der Waals surface area contributed by atoms with Crippen LogP contribution in [0.1, 0.15) is 16.7 Å². The Balaban J connectivity index is 1.29. The fourth-order valence-corrected chi connectivity index (χ4v) is 4.26. The second-order valence-electron chi connectivity index (χ2n) is 8.86. The predicted octanol–water partition coefficient (Wildman–Crippen LogP) is 7.16. The first-order valence-corrected chi connectivity index (χ1v) is 12.3. The van der Waals surface area contributed by atoms with E-state index in [9.17, 15) is 9.18 Å². The van der Waals surface area contributed by atoms with Crippen LogP contribution in [0.25, 0.3) is 10.9 Å². The molecule has 37 heavy (non-hydrogen) atoms. The molecule has 0 atom stereocenters. The molecule has 5 nitrogen and oxygen atoms in total. The lowest BCUT2D eigenvalue weighted by atomic mass is 10.1. The van der Waals surface area contributed by atoms with E-state index in [1.54, 1.807) is 23.1 Å². The van der Waals surface area contributed by atoms with Crippen molar-refractivity contribution in [1.82, 2.24) is 9.88 Å². The van der Waals surface area contributed by atoms with E-state index in [0.717, 1.165) is 33.3 Å². The first-order valence-electron chi connectivity index (χ1n) is 12.3. The molecule has 4 aromatic carbocycles. The number of nitrogens with zero attached hydrogens (tertiary/aromatic N) is 1. The van der Waals surface area contributed by atoms with Gasteiger partial charge < -0.3 is 19.9 Å². The summed E-state index contributed by atoms with van der Waals surface area (Å²) in [6, 6.07) is 31.6. The molecule has 0 saturated carbocycles. The van der Waals surface area contributed by atoms with E-state index in [0.29, 0.717) is 26.1 Å². The number of para-hydroxylation sites is 2. The average molecular weight is 494 g/mol. The molecule has 1 aromatic heterocycles. The summed E-state index contributed by atoms with van der Waals surface area (Å²) >= 11 is 0. The van der Waals surface area contributed by atoms with Crippen molar-refractivity contribution in [3.63, 3.8) is 0 Å². The molecule has 2 amide bonds. The van der Waals surface area contributed by atoms with Gasteiger partial charge >= 0.3 is 6.03 Å². The van der Waals surface area contributed by atoms with Crippen molar-refractivity contribution in [1.29, 1.82) is 0 Å². The highest BCUT2D eigenvalue weighted by molar-refractivity contribution is 5.89. The Hall–Kier alpha value is -4.58. The molecule has 0 bridgehead atoms. The zero-order chi connectivity index (χ0) is 25.5. The van der Waals surface area contributed by atoms with Gasteiger partial charge in [-0.3, -0.25) is 0 Å². The molecule has 5 aromatic rings. The molecule has 186 valence electrons. The molecule has 0 aliphatic heterocycles. The number of fused-ring (bicyclic) bond motifs is 1. The molecule has 0 saturated heterocycles. The minimum atomic E-state index is -0.465. The van der Waals surface area contributed by atoms with Crippen LogP contribution in [0.15, 0.2) is 109 Å². The highest BCUT2D eigenvalue weighted by Gasteiger charge is 2.17. The van der Waals surface area contributed by atoms with Gasteiger partial charge in [0, 0.05) is 30.2 Å². The molecule has 0 unspecified atom stereocenters. The summed E-state index contributed by atoms with van der Waals surface area (Å²) in [6.07, 6.45) is 2.64. The molecule has 1 heterocycles. The van der Waals surface area contributed by atoms with E-state index in [1.807, 2.05) is 79.0 Å². The van der Waals surface area contributed by atoms with E-state index < -0.39 is 5.82 Å². The Labute approximate surface area is 215 Å². The number of hydrogen-bond donors (Lipinski definition) is 2. The van der Waals surface area contributed by atoms with E-state index in [2.05, 4.69) is 16.4 Å². The Morgan fingerprint density at radius 3 is 2.38 bits per heavy atom. The highest BCUT2D eigenvalue weighted by atomic mass is 19.1. The fourth-order valence-electron chi connectivity index (χ4n) is 4.26. The molecular weight excluding hydrogens is 465 g/mol. The normalized spacial score (nSPS) is 10.8. The summed E-state index contributed by atoms with van der Waals surface area (Å²) < 4.78 is 20.1. The largest absolute Gasteiger partial charge is 0.489 e. The summed E-state index contributed by atoms with van der Waals surface area (Å²) in [5.41, 5.74) is 4.40. The fraction of sp³-hybridized carbons (Fsp3) is 0.129. The maximum Gasteiger partial charge on any atom is 0.322 e. The van der Waals surface area contributed by atoms with Gasteiger partial charge in [-0.15, -0.1) is 0 Å². The quantitative estimate of drug-likeness (QED) is 0.229. The van der Waals surface area contributed by atoms with Crippen molar-refractivity contribution in [3.05, 3.63) is 132 Å². The van der Waals surface area contributed by atoms with Crippen LogP contribution in [0.5, 0.6) is 5.75 Å². The van der Waals surface area contributed by atoms with Gasteiger partial charge in [0.15, 0.2) is 0 Å². The molecule has 0 fully saturated rings. The second kappa shape index (κ2) is 11.4. The van der Waals surface area contributed by atoms with E-state index in [4.69, 9.17) is 4.74 Å². The number of H-pyrrole nitrogens is 1. The lowest BCUT2D eigenvalue weighted by Crippen LogP contribution is -2.36. The molecule has 2 N–H and O–H groups in total. The van der Waals surface area contributed by atoms with Crippen LogP contribution in [0.4, 0.5) is 14.9 Å². The van der Waals surface area contributed by atoms with Crippen LogP contribution in [0.2, 0.25) is 0 Å². The number of ether oxygens (including phenoxy) is 1. The van der Waals surface area contributed by atoms with E-state index in [1.165, 1.54) is 6.07 Å². The number of nitrogens with one attached hydrogen (secondary N) is 2. The van der Waals surface area contributed by atoms with Crippen molar-refractivity contribution < 1.29 is 13.9 Å². The van der Waals surface area contributed by atoms with E-state index >= 15 is 0 Å². The summed E-state index contributed by atoms with van der Waals surface area (Å²) in [5, 5.41) is 3.86. The first-order chi connectivity index (χ1) is 18.2. The monoisotopic (exact) mass is 493 g/mol. The maximum atomic E-state index is 14.2. The van der Waals surface area contributed by atoms with Crippen LogP contribution in [0.3, 0.4) is 0 Å². The third-order valence-corrected chi connectivity index (χ3v) is 6.27. The molecule has 0 aliphatic rings. The molecule has 0 radical (unpaired) electrons. The summed E-state index contributed by atoms with van der Waals surface area (Å²) in [6.45, 7) is 1.33. The average Bonchev–Trinajstić information content (AvgIpc) is 3.35. The van der Waals surface area contributed by atoms with Crippen LogP contribution >= 0.6 is 0 Å². The molecule has 6 heteroatoms. The van der Waals surface area contributed by atoms with Crippen LogP contribution in [-0.4, -0.2) is 22.5 Å². The van der Waals surface area contributed by atoms with Gasteiger partial charge in [0.1, 0.15) is 18.2 Å². The van der Waals surface area contributed by atoms with Gasteiger partial charge in [-0.05, 0) is 53.4 Å². The number of rotatable bonds is 9. The summed E-state index contributed by atoms with van der Waals surface area (Å²) in [5.74, 6) is 0.293. The number of aromatic nitrogens is 1. The number of carbonyl (C=O) groups excluding carboxylic acids is 1. The van der Waals surface area contributed by atoms with Gasteiger partial charge in [-0.25, -0.2) is 9.18 Å². The minimum absolute atomic E-state index is 0.161. The molecule has 0 aliphatic carbocycles. The Kier molecular flexibility index (Phi) is 7.46. The van der Waals surface area contributed by atoms with Gasteiger partial charge in [-0.1, -0.05) is 72.8 Å². The number of halogens is 1. The number of carbonyl (C=O) groups is 1. The lowest BCUT2D eigenvalue weighted by Gasteiger charge is -2.23. The van der Waals surface area contributed by atoms with Crippen molar-refractivity contribution in [2.45, 2.75) is 19.6 Å². The zero-order valence-electron chi connectivity index (χ0n) is 20.4. The third kappa shape index (κ3) is 6.16. The molecule has 5 rings (SSSR count). The van der Waals surface area contributed by atoms with Crippen LogP contribution in [-0.2, 0) is 19.6 Å². The van der Waals surface area contributed by atoms with Gasteiger partial charge in [0.2, 0.25) is 0 Å². The first kappa shape index (κ1) is 24.1. The van der Waals surface area contributed by atoms with Crippen molar-refractivity contribution in [3.8, 4) is 5.75 Å². The van der Waals surface area contributed by atoms with Gasteiger partial charge in [0.05, 0.1) is 5.69 Å².